The number of rotatable bonds is 9. The molecule has 0 radical (unpaired) electrons. The molecule has 5 heteroatoms. The number of aliphatic hydroxyl groups excluding tert-OH is 1. The number of hydrogen-bond donors (Lipinski definition) is 2. The van der Waals surface area contributed by atoms with Crippen LogP contribution >= 0.6 is 0 Å². The maximum atomic E-state index is 12.3. The summed E-state index contributed by atoms with van der Waals surface area (Å²) in [6.45, 7) is 7.80. The SMILES string of the molecule is CN(C)CCCCON(C)CC[C@H]1CC[C@]2(O)[C@@H]3CC[C@@H]4C[C@@H](O)CC[C@]4(C)[C@H]3CC[C@]12C. The molecule has 0 heterocycles. The van der Waals surface area contributed by atoms with Gasteiger partial charge < -0.3 is 15.1 Å². The third kappa shape index (κ3) is 4.79. The minimum Gasteiger partial charge on any atom is -0.393 e. The average molecular weight is 465 g/mol. The van der Waals surface area contributed by atoms with Gasteiger partial charge in [0.05, 0.1) is 18.3 Å². The van der Waals surface area contributed by atoms with Crippen LogP contribution in [0.1, 0.15) is 90.9 Å². The molecule has 8 atom stereocenters. The fourth-order valence-corrected chi connectivity index (χ4v) is 8.93. The molecule has 4 rings (SSSR count). The molecule has 4 fully saturated rings. The first-order valence-corrected chi connectivity index (χ1v) is 14.0. The summed E-state index contributed by atoms with van der Waals surface area (Å²) < 4.78 is 0. The van der Waals surface area contributed by atoms with Crippen LogP contribution in [0.5, 0.6) is 0 Å². The molecule has 4 aliphatic rings. The van der Waals surface area contributed by atoms with E-state index in [1.165, 1.54) is 19.3 Å². The highest BCUT2D eigenvalue weighted by atomic mass is 16.7. The van der Waals surface area contributed by atoms with E-state index in [1.807, 2.05) is 5.06 Å². The van der Waals surface area contributed by atoms with Crippen LogP contribution < -0.4 is 0 Å². The Bertz CT molecular complexity index is 659. The maximum Gasteiger partial charge on any atom is 0.0734 e. The van der Waals surface area contributed by atoms with Gasteiger partial charge in [-0.05, 0) is 132 Å². The van der Waals surface area contributed by atoms with Gasteiger partial charge >= 0.3 is 0 Å². The summed E-state index contributed by atoms with van der Waals surface area (Å²) in [5.41, 5.74) is -0.147. The van der Waals surface area contributed by atoms with E-state index < -0.39 is 5.60 Å². The third-order valence-electron chi connectivity index (χ3n) is 11.1. The molecule has 5 nitrogen and oxygen atoms in total. The zero-order valence-corrected chi connectivity index (χ0v) is 22.2. The molecule has 0 aliphatic heterocycles. The number of hydrogen-bond acceptors (Lipinski definition) is 5. The van der Waals surface area contributed by atoms with Crippen molar-refractivity contribution in [3.05, 3.63) is 0 Å². The predicted octanol–water partition coefficient (Wildman–Crippen LogP) is 4.72. The highest BCUT2D eigenvalue weighted by Crippen LogP contribution is 2.69. The zero-order valence-electron chi connectivity index (χ0n) is 22.2. The molecule has 2 N–H and O–H groups in total. The topological polar surface area (TPSA) is 56.2 Å². The van der Waals surface area contributed by atoms with Gasteiger partial charge in [0.1, 0.15) is 0 Å². The van der Waals surface area contributed by atoms with Crippen LogP contribution in [0.25, 0.3) is 0 Å². The monoisotopic (exact) mass is 464 g/mol. The third-order valence-corrected chi connectivity index (χ3v) is 11.1. The van der Waals surface area contributed by atoms with E-state index in [0.717, 1.165) is 77.5 Å². The molecule has 0 bridgehead atoms. The minimum absolute atomic E-state index is 0.0398. The lowest BCUT2D eigenvalue weighted by Crippen LogP contribution is -2.62. The summed E-state index contributed by atoms with van der Waals surface area (Å²) in [4.78, 5) is 8.20. The Morgan fingerprint density at radius 1 is 0.879 bits per heavy atom. The van der Waals surface area contributed by atoms with Gasteiger partial charge in [-0.25, -0.2) is 0 Å². The van der Waals surface area contributed by atoms with Crippen molar-refractivity contribution < 1.29 is 15.1 Å². The molecule has 4 aliphatic carbocycles. The van der Waals surface area contributed by atoms with Crippen molar-refractivity contribution in [1.29, 1.82) is 0 Å². The van der Waals surface area contributed by atoms with Crippen LogP contribution in [0.4, 0.5) is 0 Å². The first kappa shape index (κ1) is 25.9. The standard InChI is InChI=1S/C28H52N2O3/c1-26-14-11-23(31)20-22(26)8-9-25-24(26)12-15-27(2)21(10-16-28(25,27)32)13-18-30(5)33-19-7-6-17-29(3)4/h21-25,31-32H,6-20H2,1-5H3/t21-,22-,23+,24+,25-,26+,27-,28+/m1/s1. The second-order valence-corrected chi connectivity index (χ2v) is 13.0. The van der Waals surface area contributed by atoms with E-state index in [4.69, 9.17) is 4.84 Å². The normalized spacial score (nSPS) is 45.2. The van der Waals surface area contributed by atoms with E-state index in [1.54, 1.807) is 0 Å². The largest absolute Gasteiger partial charge is 0.393 e. The summed E-state index contributed by atoms with van der Waals surface area (Å²) in [5, 5.41) is 24.6. The van der Waals surface area contributed by atoms with E-state index in [-0.39, 0.29) is 11.5 Å². The first-order chi connectivity index (χ1) is 15.6. The molecular weight excluding hydrogens is 412 g/mol. The van der Waals surface area contributed by atoms with Crippen LogP contribution in [0.2, 0.25) is 0 Å². The van der Waals surface area contributed by atoms with Crippen molar-refractivity contribution in [2.75, 3.05) is 40.8 Å². The van der Waals surface area contributed by atoms with Gasteiger partial charge in [-0.2, -0.15) is 5.06 Å². The lowest BCUT2D eigenvalue weighted by molar-refractivity contribution is -0.212. The van der Waals surface area contributed by atoms with Crippen LogP contribution in [-0.4, -0.2) is 72.7 Å². The predicted molar refractivity (Wildman–Crippen MR) is 134 cm³/mol. The molecule has 192 valence electrons. The van der Waals surface area contributed by atoms with Gasteiger partial charge in [0.25, 0.3) is 0 Å². The average Bonchev–Trinajstić information content (AvgIpc) is 3.03. The Morgan fingerprint density at radius 2 is 1.67 bits per heavy atom. The Hall–Kier alpha value is -0.200. The molecule has 33 heavy (non-hydrogen) atoms. The molecule has 4 saturated carbocycles. The number of nitrogens with zero attached hydrogens (tertiary/aromatic N) is 2. The van der Waals surface area contributed by atoms with Gasteiger partial charge in [-0.3, -0.25) is 4.84 Å². The summed E-state index contributed by atoms with van der Waals surface area (Å²) >= 11 is 0. The lowest BCUT2D eigenvalue weighted by atomic mass is 9.43. The number of hydroxylamine groups is 2. The van der Waals surface area contributed by atoms with Crippen LogP contribution in [0, 0.1) is 34.5 Å². The summed E-state index contributed by atoms with van der Waals surface area (Å²) in [5.74, 6) is 2.32. The molecule has 0 amide bonds. The van der Waals surface area contributed by atoms with Crippen molar-refractivity contribution in [2.24, 2.45) is 34.5 Å². The van der Waals surface area contributed by atoms with Crippen molar-refractivity contribution in [3.8, 4) is 0 Å². The van der Waals surface area contributed by atoms with Crippen molar-refractivity contribution in [3.63, 3.8) is 0 Å². The van der Waals surface area contributed by atoms with Gasteiger partial charge in [-0.15, -0.1) is 0 Å². The Morgan fingerprint density at radius 3 is 2.42 bits per heavy atom. The maximum absolute atomic E-state index is 12.3. The number of fused-ring (bicyclic) bond motifs is 5. The molecule has 0 aromatic carbocycles. The van der Waals surface area contributed by atoms with Gasteiger partial charge in [0, 0.05) is 13.6 Å². The number of unbranched alkanes of at least 4 members (excludes halogenated alkanes) is 1. The van der Waals surface area contributed by atoms with Crippen LogP contribution in [-0.2, 0) is 4.84 Å². The van der Waals surface area contributed by atoms with Gasteiger partial charge in [-0.1, -0.05) is 13.8 Å². The Kier molecular flexibility index (Phi) is 7.88. The smallest absolute Gasteiger partial charge is 0.0734 e. The van der Waals surface area contributed by atoms with E-state index in [9.17, 15) is 10.2 Å². The fourth-order valence-electron chi connectivity index (χ4n) is 8.93. The highest BCUT2D eigenvalue weighted by molar-refractivity contribution is 5.16. The zero-order chi connectivity index (χ0) is 23.9. The first-order valence-electron chi connectivity index (χ1n) is 14.0. The molecule has 0 spiro atoms. The lowest BCUT2D eigenvalue weighted by Gasteiger charge is -2.63. The fraction of sp³-hybridized carbons (Fsp3) is 1.00. The van der Waals surface area contributed by atoms with Crippen molar-refractivity contribution in [1.82, 2.24) is 9.96 Å². The van der Waals surface area contributed by atoms with Gasteiger partial charge in [0.2, 0.25) is 0 Å². The quantitative estimate of drug-likeness (QED) is 0.382. The van der Waals surface area contributed by atoms with Crippen LogP contribution in [0.3, 0.4) is 0 Å². The number of aliphatic hydroxyl groups is 2. The van der Waals surface area contributed by atoms with E-state index >= 15 is 0 Å². The summed E-state index contributed by atoms with van der Waals surface area (Å²) in [6, 6.07) is 0. The minimum atomic E-state index is -0.504. The molecule has 0 aromatic heterocycles. The second kappa shape index (κ2) is 10.0. The molecule has 0 unspecified atom stereocenters. The highest BCUT2D eigenvalue weighted by Gasteiger charge is 2.66. The molecular formula is C28H52N2O3. The second-order valence-electron chi connectivity index (χ2n) is 13.0. The van der Waals surface area contributed by atoms with Gasteiger partial charge in [0.15, 0.2) is 0 Å². The Balaban J connectivity index is 1.33. The Labute approximate surface area is 203 Å². The summed E-state index contributed by atoms with van der Waals surface area (Å²) in [6.07, 6.45) is 13.3. The molecule has 0 saturated heterocycles. The van der Waals surface area contributed by atoms with E-state index in [0.29, 0.717) is 29.1 Å². The van der Waals surface area contributed by atoms with Crippen LogP contribution in [0.15, 0.2) is 0 Å². The summed E-state index contributed by atoms with van der Waals surface area (Å²) in [7, 11) is 6.32. The van der Waals surface area contributed by atoms with Crippen molar-refractivity contribution >= 4 is 0 Å². The molecule has 0 aromatic rings. The van der Waals surface area contributed by atoms with E-state index in [2.05, 4.69) is 39.9 Å². The van der Waals surface area contributed by atoms with Crippen molar-refractivity contribution in [2.45, 2.75) is 103 Å².